The molecule has 21 heavy (non-hydrogen) atoms. The summed E-state index contributed by atoms with van der Waals surface area (Å²) in [5, 5.41) is 0. The van der Waals surface area contributed by atoms with Crippen LogP contribution in [0, 0.1) is 5.92 Å². The smallest absolute Gasteiger partial charge is 0.255 e. The number of amides is 2. The second kappa shape index (κ2) is 6.95. The molecular weight excluding hydrogens is 286 g/mol. The number of nitrogens with two attached hydrogens (primary N) is 2. The Morgan fingerprint density at radius 2 is 2.10 bits per heavy atom. The molecule has 5 nitrogen and oxygen atoms in total. The molecule has 1 fully saturated rings. The minimum atomic E-state index is -0.389. The van der Waals surface area contributed by atoms with Gasteiger partial charge in [0.15, 0.2) is 0 Å². The molecule has 1 aliphatic heterocycles. The summed E-state index contributed by atoms with van der Waals surface area (Å²) in [6, 6.07) is 7.54. The number of primary amides is 1. The Kier molecular flexibility index (Phi) is 5.25. The van der Waals surface area contributed by atoms with Crippen molar-refractivity contribution in [2.24, 2.45) is 17.4 Å². The van der Waals surface area contributed by atoms with E-state index in [1.807, 2.05) is 30.0 Å². The summed E-state index contributed by atoms with van der Waals surface area (Å²) in [7, 11) is 0. The SMILES string of the molecule is CC1CC(CN)CN1C(=O)c1ccccc1SCC(N)=O. The quantitative estimate of drug-likeness (QED) is 0.796. The van der Waals surface area contributed by atoms with Gasteiger partial charge in [0, 0.05) is 17.5 Å². The number of benzene rings is 1. The van der Waals surface area contributed by atoms with E-state index in [1.165, 1.54) is 11.8 Å². The molecule has 2 unspecified atom stereocenters. The van der Waals surface area contributed by atoms with Gasteiger partial charge in [-0.2, -0.15) is 0 Å². The van der Waals surface area contributed by atoms with Gasteiger partial charge in [-0.15, -0.1) is 11.8 Å². The number of hydrogen-bond donors (Lipinski definition) is 2. The number of rotatable bonds is 5. The van der Waals surface area contributed by atoms with Gasteiger partial charge in [-0.25, -0.2) is 0 Å². The monoisotopic (exact) mass is 307 g/mol. The average Bonchev–Trinajstić information content (AvgIpc) is 2.86. The van der Waals surface area contributed by atoms with Crippen LogP contribution in [0.3, 0.4) is 0 Å². The first-order valence-electron chi connectivity index (χ1n) is 7.04. The predicted molar refractivity (Wildman–Crippen MR) is 84.0 cm³/mol. The largest absolute Gasteiger partial charge is 0.369 e. The van der Waals surface area contributed by atoms with Gasteiger partial charge in [-0.05, 0) is 37.9 Å². The van der Waals surface area contributed by atoms with Crippen molar-refractivity contribution in [1.29, 1.82) is 0 Å². The normalized spacial score (nSPS) is 21.5. The molecule has 0 saturated carbocycles. The van der Waals surface area contributed by atoms with Gasteiger partial charge < -0.3 is 16.4 Å². The molecular formula is C15H21N3O2S. The lowest BCUT2D eigenvalue weighted by Crippen LogP contribution is -2.34. The van der Waals surface area contributed by atoms with Crippen LogP contribution < -0.4 is 11.5 Å². The van der Waals surface area contributed by atoms with Crippen molar-refractivity contribution in [1.82, 2.24) is 4.90 Å². The fraction of sp³-hybridized carbons (Fsp3) is 0.467. The molecule has 0 aliphatic carbocycles. The van der Waals surface area contributed by atoms with Crippen molar-refractivity contribution in [3.8, 4) is 0 Å². The van der Waals surface area contributed by atoms with Crippen molar-refractivity contribution in [2.45, 2.75) is 24.3 Å². The van der Waals surface area contributed by atoms with Crippen LogP contribution >= 0.6 is 11.8 Å². The van der Waals surface area contributed by atoms with E-state index in [0.717, 1.165) is 11.3 Å². The van der Waals surface area contributed by atoms with E-state index in [2.05, 4.69) is 0 Å². The van der Waals surface area contributed by atoms with Gasteiger partial charge in [-0.1, -0.05) is 12.1 Å². The van der Waals surface area contributed by atoms with Gasteiger partial charge >= 0.3 is 0 Å². The van der Waals surface area contributed by atoms with E-state index in [0.29, 0.717) is 24.6 Å². The highest BCUT2D eigenvalue weighted by atomic mass is 32.2. The Balaban J connectivity index is 2.17. The maximum Gasteiger partial charge on any atom is 0.255 e. The van der Waals surface area contributed by atoms with Crippen LogP contribution in [0.15, 0.2) is 29.2 Å². The molecule has 114 valence electrons. The third-order valence-corrected chi connectivity index (χ3v) is 4.84. The Labute approximate surface area is 129 Å². The van der Waals surface area contributed by atoms with E-state index in [-0.39, 0.29) is 23.6 Å². The lowest BCUT2D eigenvalue weighted by Gasteiger charge is -2.22. The number of carbonyl (C=O) groups excluding carboxylic acids is 2. The molecule has 2 rings (SSSR count). The molecule has 0 aromatic heterocycles. The molecule has 1 aromatic rings. The van der Waals surface area contributed by atoms with Gasteiger partial charge in [0.05, 0.1) is 11.3 Å². The summed E-state index contributed by atoms with van der Waals surface area (Å²) < 4.78 is 0. The number of carbonyl (C=O) groups is 2. The van der Waals surface area contributed by atoms with Gasteiger partial charge in [-0.3, -0.25) is 9.59 Å². The highest BCUT2D eigenvalue weighted by Gasteiger charge is 2.32. The average molecular weight is 307 g/mol. The van der Waals surface area contributed by atoms with Crippen molar-refractivity contribution >= 4 is 23.6 Å². The highest BCUT2D eigenvalue weighted by molar-refractivity contribution is 8.00. The fourth-order valence-electron chi connectivity index (χ4n) is 2.67. The molecule has 2 amide bonds. The lowest BCUT2D eigenvalue weighted by atomic mass is 10.1. The summed E-state index contributed by atoms with van der Waals surface area (Å²) in [5.41, 5.74) is 11.5. The third-order valence-electron chi connectivity index (χ3n) is 3.74. The Morgan fingerprint density at radius 1 is 1.38 bits per heavy atom. The van der Waals surface area contributed by atoms with E-state index >= 15 is 0 Å². The third kappa shape index (κ3) is 3.77. The lowest BCUT2D eigenvalue weighted by molar-refractivity contribution is -0.115. The number of hydrogen-bond acceptors (Lipinski definition) is 4. The standard InChI is InChI=1S/C15H21N3O2S/c1-10-6-11(7-16)8-18(10)15(20)12-4-2-3-5-13(12)21-9-14(17)19/h2-5,10-11H,6-9,16H2,1H3,(H2,17,19). The Morgan fingerprint density at radius 3 is 2.71 bits per heavy atom. The van der Waals surface area contributed by atoms with Crippen LogP contribution in [-0.2, 0) is 4.79 Å². The number of likely N-dealkylation sites (tertiary alicyclic amines) is 1. The van der Waals surface area contributed by atoms with Crippen LogP contribution in [0.1, 0.15) is 23.7 Å². The second-order valence-corrected chi connectivity index (χ2v) is 6.41. The topological polar surface area (TPSA) is 89.4 Å². The minimum Gasteiger partial charge on any atom is -0.369 e. The zero-order valence-electron chi connectivity index (χ0n) is 12.1. The molecule has 6 heteroatoms. The maximum absolute atomic E-state index is 12.7. The van der Waals surface area contributed by atoms with Crippen molar-refractivity contribution in [2.75, 3.05) is 18.8 Å². The molecule has 0 bridgehead atoms. The van der Waals surface area contributed by atoms with Crippen LogP contribution in [0.25, 0.3) is 0 Å². The summed E-state index contributed by atoms with van der Waals surface area (Å²) in [6.07, 6.45) is 0.943. The Bertz CT molecular complexity index is 535. The van der Waals surface area contributed by atoms with E-state index < -0.39 is 0 Å². The molecule has 4 N–H and O–H groups in total. The van der Waals surface area contributed by atoms with Crippen molar-refractivity contribution in [3.05, 3.63) is 29.8 Å². The number of nitrogens with zero attached hydrogens (tertiary/aromatic N) is 1. The fourth-order valence-corrected chi connectivity index (χ4v) is 3.45. The van der Waals surface area contributed by atoms with Crippen LogP contribution in [0.5, 0.6) is 0 Å². The van der Waals surface area contributed by atoms with Gasteiger partial charge in [0.2, 0.25) is 5.91 Å². The maximum atomic E-state index is 12.7. The Hall–Kier alpha value is -1.53. The molecule has 1 heterocycles. The first-order valence-corrected chi connectivity index (χ1v) is 8.02. The van der Waals surface area contributed by atoms with E-state index in [9.17, 15) is 9.59 Å². The molecule has 1 aliphatic rings. The summed E-state index contributed by atoms with van der Waals surface area (Å²) in [6.45, 7) is 3.35. The second-order valence-electron chi connectivity index (χ2n) is 5.40. The van der Waals surface area contributed by atoms with E-state index in [4.69, 9.17) is 11.5 Å². The zero-order chi connectivity index (χ0) is 15.4. The van der Waals surface area contributed by atoms with Crippen molar-refractivity contribution < 1.29 is 9.59 Å². The van der Waals surface area contributed by atoms with Crippen LogP contribution in [0.2, 0.25) is 0 Å². The molecule has 1 saturated heterocycles. The molecule has 2 atom stereocenters. The van der Waals surface area contributed by atoms with Crippen LogP contribution in [-0.4, -0.2) is 41.6 Å². The first-order chi connectivity index (χ1) is 10.0. The summed E-state index contributed by atoms with van der Waals surface area (Å²) in [4.78, 5) is 26.3. The molecule has 0 radical (unpaired) electrons. The van der Waals surface area contributed by atoms with Crippen molar-refractivity contribution in [3.63, 3.8) is 0 Å². The first kappa shape index (κ1) is 15.9. The summed E-state index contributed by atoms with van der Waals surface area (Å²) in [5.74, 6) is 0.158. The predicted octanol–water partition coefficient (Wildman–Crippen LogP) is 1.07. The zero-order valence-corrected chi connectivity index (χ0v) is 12.9. The van der Waals surface area contributed by atoms with Gasteiger partial charge in [0.1, 0.15) is 0 Å². The minimum absolute atomic E-state index is 0.00557. The van der Waals surface area contributed by atoms with Gasteiger partial charge in [0.25, 0.3) is 5.91 Å². The summed E-state index contributed by atoms with van der Waals surface area (Å²) >= 11 is 1.30. The number of thioether (sulfide) groups is 1. The van der Waals surface area contributed by atoms with E-state index in [1.54, 1.807) is 6.07 Å². The van der Waals surface area contributed by atoms with Crippen LogP contribution in [0.4, 0.5) is 0 Å². The molecule has 0 spiro atoms. The highest BCUT2D eigenvalue weighted by Crippen LogP contribution is 2.28. The molecule has 1 aromatic carbocycles.